The normalized spacial score (nSPS) is 16.0. The van der Waals surface area contributed by atoms with Crippen LogP contribution in [0.15, 0.2) is 53.6 Å². The summed E-state index contributed by atoms with van der Waals surface area (Å²) in [5, 5.41) is 0. The van der Waals surface area contributed by atoms with E-state index < -0.39 is 0 Å². The molecule has 0 amide bonds. The maximum absolute atomic E-state index is 10.8. The van der Waals surface area contributed by atoms with E-state index in [2.05, 4.69) is 36.4 Å². The van der Waals surface area contributed by atoms with E-state index in [1.54, 1.807) is 0 Å². The molecule has 0 bridgehead atoms. The number of allylic oxidation sites excluding steroid dienone is 4. The minimum atomic E-state index is 0.941. The Morgan fingerprint density at radius 1 is 1.06 bits per heavy atom. The van der Waals surface area contributed by atoms with Gasteiger partial charge in [-0.15, -0.1) is 0 Å². The van der Waals surface area contributed by atoms with E-state index in [4.69, 9.17) is 0 Å². The molecule has 0 fully saturated rings. The third-order valence-electron chi connectivity index (χ3n) is 2.96. The van der Waals surface area contributed by atoms with Crippen LogP contribution in [0.3, 0.4) is 0 Å². The van der Waals surface area contributed by atoms with Crippen molar-refractivity contribution in [2.45, 2.75) is 25.7 Å². The summed E-state index contributed by atoms with van der Waals surface area (Å²) in [6.07, 6.45) is 9.35. The molecule has 1 aliphatic carbocycles. The Kier molecular flexibility index (Phi) is 3.71. The fourth-order valence-corrected chi connectivity index (χ4v) is 2.07. The monoisotopic (exact) mass is 212 g/mol. The number of carbonyl (C=O) groups excluding carboxylic acids is 1. The molecule has 0 saturated heterocycles. The lowest BCUT2D eigenvalue weighted by atomic mass is 10.1. The van der Waals surface area contributed by atoms with Gasteiger partial charge >= 0.3 is 0 Å². The number of carbonyl (C=O) groups is 1. The minimum absolute atomic E-state index is 0.941. The highest BCUT2D eigenvalue weighted by Crippen LogP contribution is 2.25. The first-order valence-corrected chi connectivity index (χ1v) is 5.78. The van der Waals surface area contributed by atoms with Crippen LogP contribution in [0, 0.1) is 0 Å². The second kappa shape index (κ2) is 5.45. The first-order valence-electron chi connectivity index (χ1n) is 5.78. The molecule has 0 aromatic heterocycles. The first-order chi connectivity index (χ1) is 7.90. The molecule has 0 unspecified atom stereocenters. The molecule has 2 rings (SSSR count). The second-order valence-electron chi connectivity index (χ2n) is 4.11. The molecule has 16 heavy (non-hydrogen) atoms. The van der Waals surface area contributed by atoms with E-state index >= 15 is 0 Å². The molecule has 0 aliphatic heterocycles. The fraction of sp³-hybridized carbons (Fsp3) is 0.267. The summed E-state index contributed by atoms with van der Waals surface area (Å²) in [6.45, 7) is 0. The van der Waals surface area contributed by atoms with Crippen LogP contribution >= 0.6 is 0 Å². The lowest BCUT2D eigenvalue weighted by Crippen LogP contribution is -1.83. The lowest BCUT2D eigenvalue weighted by Gasteiger charge is -1.96. The van der Waals surface area contributed by atoms with Gasteiger partial charge in [-0.2, -0.15) is 0 Å². The molecule has 0 spiro atoms. The van der Waals surface area contributed by atoms with Gasteiger partial charge in [-0.3, -0.25) is 4.79 Å². The zero-order valence-electron chi connectivity index (χ0n) is 9.36. The molecular formula is C15H16O. The van der Waals surface area contributed by atoms with Crippen LogP contribution in [-0.2, 0) is 11.2 Å². The molecule has 1 aliphatic rings. The molecule has 1 nitrogen and oxygen atoms in total. The number of aldehydes is 1. The SMILES string of the molecule is O=CC1=C(C=CCc2ccccc2)CCC1. The summed E-state index contributed by atoms with van der Waals surface area (Å²) < 4.78 is 0. The summed E-state index contributed by atoms with van der Waals surface area (Å²) in [4.78, 5) is 10.8. The van der Waals surface area contributed by atoms with Crippen LogP contribution in [0.1, 0.15) is 24.8 Å². The number of hydrogen-bond acceptors (Lipinski definition) is 1. The Morgan fingerprint density at radius 2 is 1.81 bits per heavy atom. The van der Waals surface area contributed by atoms with Crippen molar-refractivity contribution in [1.29, 1.82) is 0 Å². The first kappa shape index (κ1) is 10.9. The van der Waals surface area contributed by atoms with Crippen LogP contribution in [0.25, 0.3) is 0 Å². The maximum atomic E-state index is 10.8. The third-order valence-corrected chi connectivity index (χ3v) is 2.96. The molecule has 0 atom stereocenters. The molecule has 0 radical (unpaired) electrons. The summed E-state index contributed by atoms with van der Waals surface area (Å²) in [5.41, 5.74) is 3.53. The lowest BCUT2D eigenvalue weighted by molar-refractivity contribution is -0.105. The summed E-state index contributed by atoms with van der Waals surface area (Å²) >= 11 is 0. The third kappa shape index (κ3) is 2.69. The van der Waals surface area contributed by atoms with Gasteiger partial charge in [-0.05, 0) is 42.4 Å². The topological polar surface area (TPSA) is 17.1 Å². The summed E-state index contributed by atoms with van der Waals surface area (Å²) in [5.74, 6) is 0. The van der Waals surface area contributed by atoms with Crippen LogP contribution in [0.2, 0.25) is 0 Å². The van der Waals surface area contributed by atoms with E-state index in [1.165, 1.54) is 11.1 Å². The predicted octanol–water partition coefficient (Wildman–Crippen LogP) is 3.46. The minimum Gasteiger partial charge on any atom is -0.298 e. The van der Waals surface area contributed by atoms with Crippen molar-refractivity contribution in [1.82, 2.24) is 0 Å². The van der Waals surface area contributed by atoms with E-state index in [9.17, 15) is 4.79 Å². The zero-order valence-corrected chi connectivity index (χ0v) is 9.36. The smallest absolute Gasteiger partial charge is 0.146 e. The van der Waals surface area contributed by atoms with Crippen molar-refractivity contribution < 1.29 is 4.79 Å². The number of hydrogen-bond donors (Lipinski definition) is 0. The van der Waals surface area contributed by atoms with Gasteiger partial charge in [0, 0.05) is 0 Å². The van der Waals surface area contributed by atoms with Crippen molar-refractivity contribution >= 4 is 6.29 Å². The predicted molar refractivity (Wildman–Crippen MR) is 66.2 cm³/mol. The Hall–Kier alpha value is -1.63. The largest absolute Gasteiger partial charge is 0.298 e. The molecule has 1 aromatic rings. The van der Waals surface area contributed by atoms with E-state index in [0.29, 0.717) is 0 Å². The second-order valence-corrected chi connectivity index (χ2v) is 4.11. The molecule has 1 heteroatoms. The zero-order chi connectivity index (χ0) is 11.2. The Morgan fingerprint density at radius 3 is 2.56 bits per heavy atom. The van der Waals surface area contributed by atoms with Gasteiger partial charge in [0.2, 0.25) is 0 Å². The van der Waals surface area contributed by atoms with Crippen molar-refractivity contribution in [3.63, 3.8) is 0 Å². The van der Waals surface area contributed by atoms with Crippen LogP contribution in [0.5, 0.6) is 0 Å². The fourth-order valence-electron chi connectivity index (χ4n) is 2.07. The van der Waals surface area contributed by atoms with Gasteiger partial charge in [-0.1, -0.05) is 42.5 Å². The highest BCUT2D eigenvalue weighted by Gasteiger charge is 2.10. The molecule has 0 N–H and O–H groups in total. The van der Waals surface area contributed by atoms with Crippen molar-refractivity contribution in [3.05, 3.63) is 59.2 Å². The van der Waals surface area contributed by atoms with Gasteiger partial charge in [0.05, 0.1) is 0 Å². The highest BCUT2D eigenvalue weighted by molar-refractivity contribution is 5.76. The molecule has 1 aromatic carbocycles. The average Bonchev–Trinajstić information content (AvgIpc) is 2.78. The molecule has 0 saturated carbocycles. The highest BCUT2D eigenvalue weighted by atomic mass is 16.1. The Labute approximate surface area is 96.5 Å². The maximum Gasteiger partial charge on any atom is 0.146 e. The molecule has 82 valence electrons. The van der Waals surface area contributed by atoms with E-state index in [-0.39, 0.29) is 0 Å². The summed E-state index contributed by atoms with van der Waals surface area (Å²) in [7, 11) is 0. The van der Waals surface area contributed by atoms with Gasteiger partial charge in [-0.25, -0.2) is 0 Å². The van der Waals surface area contributed by atoms with Gasteiger partial charge in [0.1, 0.15) is 6.29 Å². The van der Waals surface area contributed by atoms with Crippen LogP contribution in [-0.4, -0.2) is 6.29 Å². The van der Waals surface area contributed by atoms with Crippen molar-refractivity contribution in [3.8, 4) is 0 Å². The number of benzene rings is 1. The summed E-state index contributed by atoms with van der Waals surface area (Å²) in [6, 6.07) is 10.4. The van der Waals surface area contributed by atoms with Crippen LogP contribution < -0.4 is 0 Å². The van der Waals surface area contributed by atoms with Gasteiger partial charge in [0.25, 0.3) is 0 Å². The van der Waals surface area contributed by atoms with Crippen LogP contribution in [0.4, 0.5) is 0 Å². The van der Waals surface area contributed by atoms with Crippen molar-refractivity contribution in [2.24, 2.45) is 0 Å². The number of rotatable bonds is 4. The average molecular weight is 212 g/mol. The Balaban J connectivity index is 1.98. The van der Waals surface area contributed by atoms with Gasteiger partial charge in [0.15, 0.2) is 0 Å². The standard InChI is InChI=1S/C15H16O/c16-12-15-11-5-10-14(15)9-4-8-13-6-2-1-3-7-13/h1-4,6-7,9,12H,5,8,10-11H2. The quantitative estimate of drug-likeness (QED) is 0.698. The molecule has 0 heterocycles. The van der Waals surface area contributed by atoms with Gasteiger partial charge < -0.3 is 0 Å². The van der Waals surface area contributed by atoms with E-state index in [1.807, 2.05) is 6.07 Å². The Bertz CT molecular complexity index is 412. The van der Waals surface area contributed by atoms with Crippen molar-refractivity contribution in [2.75, 3.05) is 0 Å². The van der Waals surface area contributed by atoms with E-state index in [0.717, 1.165) is 37.5 Å². The molecular weight excluding hydrogens is 196 g/mol.